The van der Waals surface area contributed by atoms with E-state index in [0.29, 0.717) is 5.92 Å². The largest absolute Gasteiger partial charge is 0.488 e. The van der Waals surface area contributed by atoms with Crippen LogP contribution in [0.15, 0.2) is 24.3 Å². The lowest BCUT2D eigenvalue weighted by atomic mass is 9.95. The van der Waals surface area contributed by atoms with E-state index in [1.807, 2.05) is 24.3 Å². The number of anilines is 1. The van der Waals surface area contributed by atoms with Gasteiger partial charge in [0.15, 0.2) is 0 Å². The Labute approximate surface area is 125 Å². The van der Waals surface area contributed by atoms with Crippen LogP contribution in [0.5, 0.6) is 5.75 Å². The lowest BCUT2D eigenvalue weighted by Crippen LogP contribution is -2.34. The molecule has 114 valence electrons. The Morgan fingerprint density at radius 1 is 1.24 bits per heavy atom. The molecule has 2 aliphatic carbocycles. The smallest absolute Gasteiger partial charge is 0.227 e. The van der Waals surface area contributed by atoms with Crippen molar-refractivity contribution in [1.29, 1.82) is 0 Å². The highest BCUT2D eigenvalue weighted by Crippen LogP contribution is 2.38. The third-order valence-electron chi connectivity index (χ3n) is 4.52. The summed E-state index contributed by atoms with van der Waals surface area (Å²) in [5.41, 5.74) is 0.802. The molecule has 0 heterocycles. The van der Waals surface area contributed by atoms with Crippen LogP contribution < -0.4 is 10.1 Å². The van der Waals surface area contributed by atoms with Crippen molar-refractivity contribution >= 4 is 11.6 Å². The topological polar surface area (TPSA) is 58.6 Å². The summed E-state index contributed by atoms with van der Waals surface area (Å²) in [4.78, 5) is 11.9. The first-order valence-corrected chi connectivity index (χ1v) is 7.89. The number of aliphatic hydroxyl groups is 1. The average molecular weight is 289 g/mol. The van der Waals surface area contributed by atoms with E-state index >= 15 is 0 Å². The summed E-state index contributed by atoms with van der Waals surface area (Å²) >= 11 is 0. The van der Waals surface area contributed by atoms with Gasteiger partial charge in [0.05, 0.1) is 6.10 Å². The molecule has 0 bridgehead atoms. The number of benzene rings is 1. The van der Waals surface area contributed by atoms with Gasteiger partial charge in [0.2, 0.25) is 5.91 Å². The molecular formula is C17H23NO3. The summed E-state index contributed by atoms with van der Waals surface area (Å²) in [6.07, 6.45) is 4.42. The predicted octanol–water partition coefficient (Wildman–Crippen LogP) is 2.96. The van der Waals surface area contributed by atoms with Crippen LogP contribution >= 0.6 is 0 Å². The first-order chi connectivity index (χ1) is 10.1. The van der Waals surface area contributed by atoms with Crippen molar-refractivity contribution in [3.8, 4) is 5.75 Å². The Morgan fingerprint density at radius 2 is 1.90 bits per heavy atom. The van der Waals surface area contributed by atoms with Gasteiger partial charge in [0, 0.05) is 11.6 Å². The fraction of sp³-hybridized carbons (Fsp3) is 0.588. The number of carbonyl (C=O) groups is 1. The van der Waals surface area contributed by atoms with Crippen molar-refractivity contribution in [3.63, 3.8) is 0 Å². The number of aliphatic hydroxyl groups excluding tert-OH is 1. The summed E-state index contributed by atoms with van der Waals surface area (Å²) in [5.74, 6) is 1.55. The maximum atomic E-state index is 11.9. The van der Waals surface area contributed by atoms with Gasteiger partial charge >= 0.3 is 0 Å². The molecule has 0 aromatic heterocycles. The van der Waals surface area contributed by atoms with E-state index in [9.17, 15) is 9.90 Å². The van der Waals surface area contributed by atoms with Gasteiger partial charge in [0.1, 0.15) is 11.9 Å². The monoisotopic (exact) mass is 289 g/mol. The second-order valence-corrected chi connectivity index (χ2v) is 6.34. The quantitative estimate of drug-likeness (QED) is 0.896. The molecule has 4 atom stereocenters. The van der Waals surface area contributed by atoms with Gasteiger partial charge in [-0.15, -0.1) is 0 Å². The van der Waals surface area contributed by atoms with E-state index in [0.717, 1.165) is 43.5 Å². The number of ether oxygens (including phenoxy) is 1. The number of hydrogen-bond acceptors (Lipinski definition) is 3. The summed E-state index contributed by atoms with van der Waals surface area (Å²) in [6, 6.07) is 7.42. The molecule has 0 aliphatic heterocycles. The van der Waals surface area contributed by atoms with Crippen molar-refractivity contribution in [2.45, 2.75) is 51.2 Å². The fourth-order valence-electron chi connectivity index (χ4n) is 2.93. The molecule has 3 rings (SSSR count). The summed E-state index contributed by atoms with van der Waals surface area (Å²) in [7, 11) is 0. The first-order valence-electron chi connectivity index (χ1n) is 7.89. The van der Waals surface area contributed by atoms with Crippen LogP contribution in [-0.2, 0) is 4.79 Å². The molecule has 1 aromatic carbocycles. The highest BCUT2D eigenvalue weighted by Gasteiger charge is 2.39. The minimum Gasteiger partial charge on any atom is -0.488 e. The van der Waals surface area contributed by atoms with Crippen LogP contribution in [0.3, 0.4) is 0 Å². The maximum Gasteiger partial charge on any atom is 0.227 e. The third kappa shape index (κ3) is 3.56. The van der Waals surface area contributed by atoms with Gasteiger partial charge in [-0.2, -0.15) is 0 Å². The minimum atomic E-state index is -0.366. The molecular weight excluding hydrogens is 266 g/mol. The Morgan fingerprint density at radius 3 is 2.52 bits per heavy atom. The van der Waals surface area contributed by atoms with Gasteiger partial charge in [-0.05, 0) is 55.9 Å². The van der Waals surface area contributed by atoms with Crippen LogP contribution in [-0.4, -0.2) is 23.2 Å². The Bertz CT molecular complexity index is 499. The highest BCUT2D eigenvalue weighted by molar-refractivity contribution is 5.94. The van der Waals surface area contributed by atoms with E-state index in [1.165, 1.54) is 0 Å². The highest BCUT2D eigenvalue weighted by atomic mass is 16.5. The van der Waals surface area contributed by atoms with Crippen LogP contribution in [0.4, 0.5) is 5.69 Å². The zero-order chi connectivity index (χ0) is 14.8. The lowest BCUT2D eigenvalue weighted by Gasteiger charge is -2.28. The lowest BCUT2D eigenvalue weighted by molar-refractivity contribution is -0.117. The van der Waals surface area contributed by atoms with Gasteiger partial charge in [0.25, 0.3) is 0 Å². The molecule has 21 heavy (non-hydrogen) atoms. The van der Waals surface area contributed by atoms with Crippen LogP contribution in [0.25, 0.3) is 0 Å². The second-order valence-electron chi connectivity index (χ2n) is 6.34. The molecule has 0 unspecified atom stereocenters. The van der Waals surface area contributed by atoms with Gasteiger partial charge < -0.3 is 15.2 Å². The van der Waals surface area contributed by atoms with Crippen molar-refractivity contribution in [3.05, 3.63) is 24.3 Å². The molecule has 2 aliphatic rings. The average Bonchev–Trinajstić information content (AvgIpc) is 3.21. The number of carbonyl (C=O) groups excluding carboxylic acids is 1. The third-order valence-corrected chi connectivity index (χ3v) is 4.52. The van der Waals surface area contributed by atoms with E-state index in [-0.39, 0.29) is 24.0 Å². The number of amides is 1. The number of hydrogen-bond donors (Lipinski definition) is 2. The van der Waals surface area contributed by atoms with Crippen molar-refractivity contribution in [2.24, 2.45) is 11.8 Å². The Kier molecular flexibility index (Phi) is 4.15. The van der Waals surface area contributed by atoms with E-state index < -0.39 is 0 Å². The van der Waals surface area contributed by atoms with E-state index in [2.05, 4.69) is 12.2 Å². The fourth-order valence-corrected chi connectivity index (χ4v) is 2.93. The summed E-state index contributed by atoms with van der Waals surface area (Å²) in [6.45, 7) is 2.09. The predicted molar refractivity (Wildman–Crippen MR) is 81.2 cm³/mol. The van der Waals surface area contributed by atoms with Crippen LogP contribution in [0.1, 0.15) is 39.0 Å². The van der Waals surface area contributed by atoms with Gasteiger partial charge in [-0.1, -0.05) is 13.3 Å². The first kappa shape index (κ1) is 14.4. The normalized spacial score (nSPS) is 31.5. The standard InChI is InChI=1S/C17H23NO3/c1-11-10-14(11)17(20)18-12-6-8-13(9-7-12)21-16-5-3-2-4-15(16)19/h6-9,11,14-16,19H,2-5,10H2,1H3,(H,18,20)/t11-,14+,15+,16+/m1/s1. The van der Waals surface area contributed by atoms with Crippen LogP contribution in [0, 0.1) is 11.8 Å². The van der Waals surface area contributed by atoms with Crippen molar-refractivity contribution in [2.75, 3.05) is 5.32 Å². The van der Waals surface area contributed by atoms with E-state index in [4.69, 9.17) is 4.74 Å². The SMILES string of the molecule is C[C@@H]1C[C@@H]1C(=O)Nc1ccc(O[C@H]2CCCC[C@@H]2O)cc1. The molecule has 1 aromatic rings. The molecule has 4 heteroatoms. The number of nitrogens with one attached hydrogen (secondary N) is 1. The van der Waals surface area contributed by atoms with Crippen molar-refractivity contribution < 1.29 is 14.6 Å². The molecule has 1 amide bonds. The Hall–Kier alpha value is -1.55. The second kappa shape index (κ2) is 6.06. The zero-order valence-corrected chi connectivity index (χ0v) is 12.4. The number of rotatable bonds is 4. The molecule has 0 radical (unpaired) electrons. The molecule has 0 spiro atoms. The molecule has 2 N–H and O–H groups in total. The van der Waals surface area contributed by atoms with Crippen LogP contribution in [0.2, 0.25) is 0 Å². The van der Waals surface area contributed by atoms with Crippen molar-refractivity contribution in [1.82, 2.24) is 0 Å². The maximum absolute atomic E-state index is 11.9. The van der Waals surface area contributed by atoms with Gasteiger partial charge in [-0.3, -0.25) is 4.79 Å². The van der Waals surface area contributed by atoms with E-state index in [1.54, 1.807) is 0 Å². The Balaban J connectivity index is 1.55. The van der Waals surface area contributed by atoms with Gasteiger partial charge in [-0.25, -0.2) is 0 Å². The molecule has 2 fully saturated rings. The molecule has 0 saturated heterocycles. The summed E-state index contributed by atoms with van der Waals surface area (Å²) in [5, 5.41) is 12.8. The molecule has 4 nitrogen and oxygen atoms in total. The molecule has 2 saturated carbocycles. The zero-order valence-electron chi connectivity index (χ0n) is 12.4. The minimum absolute atomic E-state index is 0.105. The summed E-state index contributed by atoms with van der Waals surface area (Å²) < 4.78 is 5.84.